The Kier molecular flexibility index (Phi) is 4.57. The Morgan fingerprint density at radius 3 is 2.45 bits per heavy atom. The van der Waals surface area contributed by atoms with Crippen molar-refractivity contribution < 1.29 is 9.59 Å². The van der Waals surface area contributed by atoms with E-state index in [1.165, 1.54) is 0 Å². The quantitative estimate of drug-likeness (QED) is 0.523. The monoisotopic (exact) mass is 219 g/mol. The molecule has 1 radical (unpaired) electrons. The van der Waals surface area contributed by atoms with Gasteiger partial charge in [-0.05, 0) is 20.3 Å². The van der Waals surface area contributed by atoms with Crippen molar-refractivity contribution in [2.45, 2.75) is 26.7 Å². The van der Waals surface area contributed by atoms with Crippen LogP contribution in [0.5, 0.6) is 0 Å². The third-order valence-corrected chi connectivity index (χ3v) is 2.05. The smallest absolute Gasteiger partial charge is 0.212 e. The van der Waals surface area contributed by atoms with E-state index in [2.05, 4.69) is 15.9 Å². The van der Waals surface area contributed by atoms with E-state index in [0.29, 0.717) is 6.42 Å². The minimum Gasteiger partial charge on any atom is -0.299 e. The van der Waals surface area contributed by atoms with Gasteiger partial charge in [-0.15, -0.1) is 0 Å². The third kappa shape index (κ3) is 3.65. The second-order valence-corrected chi connectivity index (χ2v) is 3.74. The molecular formula is C8H12BrO2. The number of Topliss-reactive ketones (excluding diaryl/α,β-unsaturated/α-hetero) is 1. The maximum atomic E-state index is 11.2. The molecule has 0 unspecified atom stereocenters. The normalized spacial score (nSPS) is 11.2. The first-order valence-electron chi connectivity index (χ1n) is 3.53. The average molecular weight is 220 g/mol. The summed E-state index contributed by atoms with van der Waals surface area (Å²) in [5, 5.41) is 0.799. The van der Waals surface area contributed by atoms with Crippen molar-refractivity contribution in [1.29, 1.82) is 0 Å². The summed E-state index contributed by atoms with van der Waals surface area (Å²) in [6.45, 7) is 3.19. The summed E-state index contributed by atoms with van der Waals surface area (Å²) in [4.78, 5) is 21.4. The average Bonchev–Trinajstić information content (AvgIpc) is 2.00. The van der Waals surface area contributed by atoms with E-state index in [-0.39, 0.29) is 5.78 Å². The standard InChI is InChI=1S/C8H12BrO2/c1-8(2,6-10)7(11)4-3-5-9/h3-5H2,1-2H3. The zero-order valence-corrected chi connectivity index (χ0v) is 8.40. The number of hydrogen-bond donors (Lipinski definition) is 0. The SMILES string of the molecule is CC(C)([C]=O)C(=O)CCCBr. The van der Waals surface area contributed by atoms with Crippen LogP contribution in [0.15, 0.2) is 0 Å². The van der Waals surface area contributed by atoms with Gasteiger partial charge in [0, 0.05) is 11.8 Å². The van der Waals surface area contributed by atoms with Gasteiger partial charge in [-0.2, -0.15) is 0 Å². The summed E-state index contributed by atoms with van der Waals surface area (Å²) in [6, 6.07) is 0. The van der Waals surface area contributed by atoms with Gasteiger partial charge in [-0.1, -0.05) is 15.9 Å². The fourth-order valence-corrected chi connectivity index (χ4v) is 0.877. The highest BCUT2D eigenvalue weighted by Crippen LogP contribution is 2.16. The van der Waals surface area contributed by atoms with Crippen LogP contribution in [-0.2, 0) is 9.59 Å². The van der Waals surface area contributed by atoms with Gasteiger partial charge in [0.05, 0.1) is 5.41 Å². The van der Waals surface area contributed by atoms with Gasteiger partial charge >= 0.3 is 0 Å². The Hall–Kier alpha value is -0.180. The second-order valence-electron chi connectivity index (χ2n) is 2.94. The summed E-state index contributed by atoms with van der Waals surface area (Å²) in [5.41, 5.74) is -0.915. The molecule has 0 saturated carbocycles. The Balaban J connectivity index is 3.91. The molecular weight excluding hydrogens is 208 g/mol. The molecule has 0 heterocycles. The molecule has 11 heavy (non-hydrogen) atoms. The van der Waals surface area contributed by atoms with E-state index in [4.69, 9.17) is 0 Å². The second kappa shape index (κ2) is 4.65. The highest BCUT2D eigenvalue weighted by molar-refractivity contribution is 9.09. The molecule has 0 aliphatic rings. The molecule has 0 aromatic heterocycles. The number of carbonyl (C=O) groups is 1. The largest absolute Gasteiger partial charge is 0.299 e. The molecule has 0 atom stereocenters. The molecule has 0 bridgehead atoms. The number of alkyl halides is 1. The van der Waals surface area contributed by atoms with Crippen LogP contribution >= 0.6 is 15.9 Å². The zero-order chi connectivity index (χ0) is 8.91. The summed E-state index contributed by atoms with van der Waals surface area (Å²) in [6.07, 6.45) is 2.97. The van der Waals surface area contributed by atoms with Crippen molar-refractivity contribution in [2.75, 3.05) is 5.33 Å². The third-order valence-electron chi connectivity index (χ3n) is 1.49. The Labute approximate surface area is 75.5 Å². The lowest BCUT2D eigenvalue weighted by molar-refractivity contribution is -0.124. The van der Waals surface area contributed by atoms with E-state index >= 15 is 0 Å². The molecule has 0 N–H and O–H groups in total. The molecule has 0 aromatic rings. The minimum absolute atomic E-state index is 0.0352. The van der Waals surface area contributed by atoms with Crippen molar-refractivity contribution in [1.82, 2.24) is 0 Å². The zero-order valence-electron chi connectivity index (χ0n) is 6.82. The van der Waals surface area contributed by atoms with Gasteiger partial charge in [0.25, 0.3) is 0 Å². The van der Waals surface area contributed by atoms with E-state index in [9.17, 15) is 9.59 Å². The summed E-state index contributed by atoms with van der Waals surface area (Å²) < 4.78 is 0. The fraction of sp³-hybridized carbons (Fsp3) is 0.750. The summed E-state index contributed by atoms with van der Waals surface area (Å²) in [7, 11) is 0. The van der Waals surface area contributed by atoms with Crippen LogP contribution in [-0.4, -0.2) is 17.4 Å². The molecule has 0 amide bonds. The Bertz CT molecular complexity index is 152. The van der Waals surface area contributed by atoms with E-state index in [0.717, 1.165) is 11.8 Å². The van der Waals surface area contributed by atoms with Crippen LogP contribution in [0.2, 0.25) is 0 Å². The molecule has 2 nitrogen and oxygen atoms in total. The Morgan fingerprint density at radius 2 is 2.09 bits per heavy atom. The summed E-state index contributed by atoms with van der Waals surface area (Å²) in [5.74, 6) is -0.0352. The lowest BCUT2D eigenvalue weighted by Gasteiger charge is -2.12. The predicted molar refractivity (Wildman–Crippen MR) is 47.5 cm³/mol. The van der Waals surface area contributed by atoms with Crippen LogP contribution in [0.25, 0.3) is 0 Å². The van der Waals surface area contributed by atoms with Crippen molar-refractivity contribution in [2.24, 2.45) is 5.41 Å². The lowest BCUT2D eigenvalue weighted by Crippen LogP contribution is -2.25. The van der Waals surface area contributed by atoms with Gasteiger partial charge in [0.2, 0.25) is 6.29 Å². The minimum atomic E-state index is -0.915. The van der Waals surface area contributed by atoms with Gasteiger partial charge < -0.3 is 0 Å². The number of carbonyl (C=O) groups excluding carboxylic acids is 2. The highest BCUT2D eigenvalue weighted by atomic mass is 79.9. The number of rotatable bonds is 5. The molecule has 0 spiro atoms. The van der Waals surface area contributed by atoms with Gasteiger partial charge in [0.15, 0.2) is 0 Å². The number of ketones is 1. The van der Waals surface area contributed by atoms with Crippen molar-refractivity contribution >= 4 is 28.0 Å². The number of hydrogen-bond acceptors (Lipinski definition) is 2. The maximum absolute atomic E-state index is 11.2. The van der Waals surface area contributed by atoms with Gasteiger partial charge in [-0.25, -0.2) is 0 Å². The summed E-state index contributed by atoms with van der Waals surface area (Å²) >= 11 is 3.22. The molecule has 63 valence electrons. The molecule has 0 aliphatic heterocycles. The molecule has 0 aliphatic carbocycles. The van der Waals surface area contributed by atoms with Crippen LogP contribution in [0, 0.1) is 5.41 Å². The van der Waals surface area contributed by atoms with Gasteiger partial charge in [-0.3, -0.25) is 9.59 Å². The van der Waals surface area contributed by atoms with Crippen LogP contribution in [0.1, 0.15) is 26.7 Å². The molecule has 0 fully saturated rings. The van der Waals surface area contributed by atoms with Crippen LogP contribution in [0.3, 0.4) is 0 Å². The molecule has 0 rings (SSSR count). The molecule has 0 saturated heterocycles. The molecule has 0 aromatic carbocycles. The van der Waals surface area contributed by atoms with Crippen molar-refractivity contribution in [3.8, 4) is 0 Å². The Morgan fingerprint density at radius 1 is 1.55 bits per heavy atom. The number of halogens is 1. The first kappa shape index (κ1) is 10.8. The van der Waals surface area contributed by atoms with Crippen molar-refractivity contribution in [3.63, 3.8) is 0 Å². The first-order chi connectivity index (χ1) is 5.04. The van der Waals surface area contributed by atoms with E-state index in [1.807, 2.05) is 0 Å². The fourth-order valence-electron chi connectivity index (χ4n) is 0.597. The van der Waals surface area contributed by atoms with Gasteiger partial charge in [0.1, 0.15) is 5.78 Å². The van der Waals surface area contributed by atoms with E-state index in [1.54, 1.807) is 20.1 Å². The topological polar surface area (TPSA) is 34.1 Å². The van der Waals surface area contributed by atoms with Crippen LogP contribution < -0.4 is 0 Å². The van der Waals surface area contributed by atoms with Crippen molar-refractivity contribution in [3.05, 3.63) is 0 Å². The van der Waals surface area contributed by atoms with E-state index < -0.39 is 5.41 Å². The molecule has 3 heteroatoms. The predicted octanol–water partition coefficient (Wildman–Crippen LogP) is 1.87. The first-order valence-corrected chi connectivity index (χ1v) is 4.65. The maximum Gasteiger partial charge on any atom is 0.212 e. The highest BCUT2D eigenvalue weighted by Gasteiger charge is 2.26. The lowest BCUT2D eigenvalue weighted by atomic mass is 9.88. The van der Waals surface area contributed by atoms with Crippen LogP contribution in [0.4, 0.5) is 0 Å².